The summed E-state index contributed by atoms with van der Waals surface area (Å²) in [7, 11) is 0. The molecular weight excluding hydrogens is 160 g/mol. The van der Waals surface area contributed by atoms with Crippen molar-refractivity contribution >= 4 is 17.4 Å². The second kappa shape index (κ2) is 5.21. The second-order valence-corrected chi connectivity index (χ2v) is 3.19. The van der Waals surface area contributed by atoms with Gasteiger partial charge in [-0.2, -0.15) is 0 Å². The van der Waals surface area contributed by atoms with Crippen LogP contribution in [-0.2, 0) is 4.79 Å². The van der Waals surface area contributed by atoms with Crippen molar-refractivity contribution in [1.29, 1.82) is 0 Å². The third-order valence-electron chi connectivity index (χ3n) is 1.23. The molecule has 1 nitrogen and oxygen atoms in total. The van der Waals surface area contributed by atoms with Gasteiger partial charge in [-0.05, 0) is 12.3 Å². The molecule has 0 heterocycles. The summed E-state index contributed by atoms with van der Waals surface area (Å²) in [5.74, 6) is 5.14. The van der Waals surface area contributed by atoms with Gasteiger partial charge in [-0.15, -0.1) is 11.6 Å². The minimum absolute atomic E-state index is 0.0109. The number of ketones is 1. The minimum atomic E-state index is -0.183. The molecule has 62 valence electrons. The zero-order valence-electron chi connectivity index (χ0n) is 7.15. The van der Waals surface area contributed by atoms with Crippen LogP contribution in [0.5, 0.6) is 0 Å². The summed E-state index contributed by atoms with van der Waals surface area (Å²) in [6.45, 7) is 5.59. The first-order valence-corrected chi connectivity index (χ1v) is 4.21. The first kappa shape index (κ1) is 10.5. The number of rotatable bonds is 2. The van der Waals surface area contributed by atoms with Crippen LogP contribution in [0.2, 0.25) is 0 Å². The summed E-state index contributed by atoms with van der Waals surface area (Å²) < 4.78 is 0. The van der Waals surface area contributed by atoms with Crippen LogP contribution in [0.4, 0.5) is 0 Å². The van der Waals surface area contributed by atoms with Crippen molar-refractivity contribution in [2.24, 2.45) is 5.92 Å². The van der Waals surface area contributed by atoms with E-state index in [1.807, 2.05) is 20.8 Å². The predicted octanol–water partition coefficient (Wildman–Crippen LogP) is 2.23. The summed E-state index contributed by atoms with van der Waals surface area (Å²) in [6, 6.07) is 0. The SMILES string of the molecule is CCC(Cl)C#CC(=O)C(C)C. The van der Waals surface area contributed by atoms with E-state index in [-0.39, 0.29) is 17.1 Å². The minimum Gasteiger partial charge on any atom is -0.285 e. The molecule has 0 spiro atoms. The number of carbonyl (C=O) groups excluding carboxylic acids is 1. The fourth-order valence-corrected chi connectivity index (χ4v) is 0.450. The van der Waals surface area contributed by atoms with Crippen molar-refractivity contribution in [1.82, 2.24) is 0 Å². The van der Waals surface area contributed by atoms with Crippen molar-refractivity contribution < 1.29 is 4.79 Å². The van der Waals surface area contributed by atoms with Gasteiger partial charge in [0.05, 0.1) is 5.38 Å². The average molecular weight is 173 g/mol. The predicted molar refractivity (Wildman–Crippen MR) is 47.6 cm³/mol. The Morgan fingerprint density at radius 3 is 2.45 bits per heavy atom. The highest BCUT2D eigenvalue weighted by atomic mass is 35.5. The molecule has 2 heteroatoms. The normalized spacial score (nSPS) is 12.1. The van der Waals surface area contributed by atoms with Gasteiger partial charge in [0.1, 0.15) is 0 Å². The van der Waals surface area contributed by atoms with Crippen LogP contribution in [0.15, 0.2) is 0 Å². The van der Waals surface area contributed by atoms with E-state index < -0.39 is 0 Å². The molecule has 0 aromatic carbocycles. The summed E-state index contributed by atoms with van der Waals surface area (Å²) in [6.07, 6.45) is 0.778. The molecular formula is C9H13ClO. The molecule has 1 atom stereocenters. The number of Topliss-reactive ketones (excluding diaryl/α,β-unsaturated/α-hetero) is 1. The van der Waals surface area contributed by atoms with Crippen molar-refractivity contribution in [3.8, 4) is 11.8 Å². The maximum Gasteiger partial charge on any atom is 0.208 e. The lowest BCUT2D eigenvalue weighted by atomic mass is 10.1. The highest BCUT2D eigenvalue weighted by Crippen LogP contribution is 1.98. The Morgan fingerprint density at radius 1 is 1.55 bits per heavy atom. The second-order valence-electron chi connectivity index (χ2n) is 2.66. The molecule has 0 radical (unpaired) electrons. The van der Waals surface area contributed by atoms with E-state index in [1.165, 1.54) is 0 Å². The molecule has 0 N–H and O–H groups in total. The van der Waals surface area contributed by atoms with Gasteiger partial charge in [0.2, 0.25) is 5.78 Å². The highest BCUT2D eigenvalue weighted by Gasteiger charge is 2.02. The Labute approximate surface area is 73.1 Å². The molecule has 0 aliphatic rings. The van der Waals surface area contributed by atoms with E-state index in [2.05, 4.69) is 11.8 Å². The summed E-state index contributed by atoms with van der Waals surface area (Å²) in [4.78, 5) is 10.9. The zero-order valence-corrected chi connectivity index (χ0v) is 7.90. The van der Waals surface area contributed by atoms with Crippen LogP contribution < -0.4 is 0 Å². The van der Waals surface area contributed by atoms with E-state index in [4.69, 9.17) is 11.6 Å². The number of halogens is 1. The van der Waals surface area contributed by atoms with Crippen molar-refractivity contribution in [2.45, 2.75) is 32.6 Å². The van der Waals surface area contributed by atoms with Crippen LogP contribution in [0.1, 0.15) is 27.2 Å². The number of hydrogen-bond acceptors (Lipinski definition) is 1. The molecule has 11 heavy (non-hydrogen) atoms. The lowest BCUT2D eigenvalue weighted by Crippen LogP contribution is -2.04. The van der Waals surface area contributed by atoms with Crippen LogP contribution in [0.25, 0.3) is 0 Å². The standard InChI is InChI=1S/C9H13ClO/c1-4-8(10)5-6-9(11)7(2)3/h7-8H,4H2,1-3H3. The Hall–Kier alpha value is -0.480. The van der Waals surface area contributed by atoms with Gasteiger partial charge < -0.3 is 0 Å². The topological polar surface area (TPSA) is 17.1 Å². The van der Waals surface area contributed by atoms with Gasteiger partial charge in [0, 0.05) is 5.92 Å². The maximum absolute atomic E-state index is 10.9. The molecule has 0 saturated heterocycles. The van der Waals surface area contributed by atoms with Crippen molar-refractivity contribution in [3.05, 3.63) is 0 Å². The summed E-state index contributed by atoms with van der Waals surface area (Å²) in [5, 5.41) is -0.183. The first-order chi connectivity index (χ1) is 5.07. The fraction of sp³-hybridized carbons (Fsp3) is 0.667. The van der Waals surface area contributed by atoms with E-state index in [0.29, 0.717) is 0 Å². The Morgan fingerprint density at radius 2 is 2.09 bits per heavy atom. The van der Waals surface area contributed by atoms with Crippen LogP contribution in [0.3, 0.4) is 0 Å². The number of carbonyl (C=O) groups is 1. The van der Waals surface area contributed by atoms with E-state index >= 15 is 0 Å². The Bertz CT molecular complexity index is 185. The van der Waals surface area contributed by atoms with E-state index in [9.17, 15) is 4.79 Å². The molecule has 0 fully saturated rings. The quantitative estimate of drug-likeness (QED) is 0.355. The average Bonchev–Trinajstić information content (AvgIpc) is 1.99. The maximum atomic E-state index is 10.9. The molecule has 0 bridgehead atoms. The zero-order chi connectivity index (χ0) is 8.85. The first-order valence-electron chi connectivity index (χ1n) is 3.77. The molecule has 0 aliphatic carbocycles. The smallest absolute Gasteiger partial charge is 0.208 e. The third kappa shape index (κ3) is 4.86. The van der Waals surface area contributed by atoms with E-state index in [1.54, 1.807) is 0 Å². The lowest BCUT2D eigenvalue weighted by Gasteiger charge is -1.94. The van der Waals surface area contributed by atoms with Crippen LogP contribution >= 0.6 is 11.6 Å². The summed E-state index contributed by atoms with van der Waals surface area (Å²) >= 11 is 5.69. The molecule has 0 aromatic heterocycles. The van der Waals surface area contributed by atoms with Gasteiger partial charge >= 0.3 is 0 Å². The van der Waals surface area contributed by atoms with Gasteiger partial charge in [-0.25, -0.2) is 0 Å². The molecule has 0 aromatic rings. The van der Waals surface area contributed by atoms with Crippen LogP contribution in [0, 0.1) is 17.8 Å². The highest BCUT2D eigenvalue weighted by molar-refractivity contribution is 6.22. The van der Waals surface area contributed by atoms with Crippen LogP contribution in [-0.4, -0.2) is 11.2 Å². The number of alkyl halides is 1. The molecule has 0 saturated carbocycles. The molecule has 0 rings (SSSR count). The molecule has 1 unspecified atom stereocenters. The van der Waals surface area contributed by atoms with Gasteiger partial charge in [0.15, 0.2) is 0 Å². The Balaban J connectivity index is 3.97. The Kier molecular flexibility index (Phi) is 4.98. The van der Waals surface area contributed by atoms with Crippen molar-refractivity contribution in [3.63, 3.8) is 0 Å². The fourth-order valence-electron chi connectivity index (χ4n) is 0.396. The monoisotopic (exact) mass is 172 g/mol. The molecule has 0 aliphatic heterocycles. The number of hydrogen-bond donors (Lipinski definition) is 0. The third-order valence-corrected chi connectivity index (χ3v) is 1.65. The molecule has 0 amide bonds. The van der Waals surface area contributed by atoms with Crippen molar-refractivity contribution in [2.75, 3.05) is 0 Å². The lowest BCUT2D eigenvalue weighted by molar-refractivity contribution is -0.116. The van der Waals surface area contributed by atoms with E-state index in [0.717, 1.165) is 6.42 Å². The van der Waals surface area contributed by atoms with Gasteiger partial charge in [-0.3, -0.25) is 4.79 Å². The van der Waals surface area contributed by atoms with Gasteiger partial charge in [0.25, 0.3) is 0 Å². The summed E-state index contributed by atoms with van der Waals surface area (Å²) in [5.41, 5.74) is 0. The van der Waals surface area contributed by atoms with Gasteiger partial charge in [-0.1, -0.05) is 26.7 Å². The largest absolute Gasteiger partial charge is 0.285 e.